The Morgan fingerprint density at radius 3 is 2.52 bits per heavy atom. The molecule has 5 heteroatoms. The molecule has 0 saturated heterocycles. The number of phenols is 1. The maximum Gasteiger partial charge on any atom is 0.257 e. The van der Waals surface area contributed by atoms with Gasteiger partial charge in [0.05, 0.1) is 24.3 Å². The Labute approximate surface area is 135 Å². The molecule has 0 bridgehead atoms. The number of carbonyl (C=O) groups is 1. The minimum absolute atomic E-state index is 0.158. The number of hydrogen-bond acceptors (Lipinski definition) is 4. The predicted octanol–water partition coefficient (Wildman–Crippen LogP) is 2.85. The normalized spacial score (nSPS) is 10.0. The second-order valence-corrected chi connectivity index (χ2v) is 5.33. The molecule has 0 saturated carbocycles. The fraction of sp³-hybridized carbons (Fsp3) is 0.222. The summed E-state index contributed by atoms with van der Waals surface area (Å²) < 4.78 is 5.09. The lowest BCUT2D eigenvalue weighted by atomic mass is 10.1. The first kappa shape index (κ1) is 16.4. The van der Waals surface area contributed by atoms with Crippen molar-refractivity contribution in [3.63, 3.8) is 0 Å². The number of amides is 1. The summed E-state index contributed by atoms with van der Waals surface area (Å²) >= 11 is 0. The van der Waals surface area contributed by atoms with E-state index in [0.29, 0.717) is 12.1 Å². The van der Waals surface area contributed by atoms with Crippen LogP contribution in [0.2, 0.25) is 0 Å². The smallest absolute Gasteiger partial charge is 0.257 e. The third kappa shape index (κ3) is 3.61. The van der Waals surface area contributed by atoms with E-state index in [0.717, 1.165) is 11.1 Å². The highest BCUT2D eigenvalue weighted by Gasteiger charge is 2.19. The van der Waals surface area contributed by atoms with Crippen LogP contribution < -0.4 is 4.74 Å². The highest BCUT2D eigenvalue weighted by molar-refractivity contribution is 5.97. The second-order valence-electron chi connectivity index (χ2n) is 5.33. The summed E-state index contributed by atoms with van der Waals surface area (Å²) in [6.45, 7) is 2.21. The fourth-order valence-corrected chi connectivity index (χ4v) is 2.30. The highest BCUT2D eigenvalue weighted by atomic mass is 16.5. The van der Waals surface area contributed by atoms with E-state index in [1.165, 1.54) is 12.0 Å². The second kappa shape index (κ2) is 6.84. The van der Waals surface area contributed by atoms with Gasteiger partial charge < -0.3 is 14.7 Å². The van der Waals surface area contributed by atoms with Gasteiger partial charge in [0, 0.05) is 13.6 Å². The van der Waals surface area contributed by atoms with Gasteiger partial charge in [0.2, 0.25) is 0 Å². The van der Waals surface area contributed by atoms with Crippen molar-refractivity contribution in [3.05, 3.63) is 58.7 Å². The Bertz CT molecular complexity index is 761. The summed E-state index contributed by atoms with van der Waals surface area (Å²) in [6, 6.07) is 12.4. The van der Waals surface area contributed by atoms with Crippen LogP contribution >= 0.6 is 0 Å². The van der Waals surface area contributed by atoms with Crippen molar-refractivity contribution in [2.24, 2.45) is 0 Å². The monoisotopic (exact) mass is 310 g/mol. The van der Waals surface area contributed by atoms with Crippen molar-refractivity contribution < 1.29 is 14.6 Å². The van der Waals surface area contributed by atoms with Gasteiger partial charge in [-0.15, -0.1) is 0 Å². The molecule has 2 aromatic rings. The molecule has 0 unspecified atom stereocenters. The molecule has 0 aliphatic heterocycles. The number of nitrogens with zero attached hydrogens (tertiary/aromatic N) is 2. The highest BCUT2D eigenvalue weighted by Crippen LogP contribution is 2.32. The van der Waals surface area contributed by atoms with E-state index >= 15 is 0 Å². The van der Waals surface area contributed by atoms with E-state index in [9.17, 15) is 9.90 Å². The lowest BCUT2D eigenvalue weighted by Crippen LogP contribution is -2.26. The van der Waals surface area contributed by atoms with Crippen LogP contribution in [0.15, 0.2) is 36.4 Å². The van der Waals surface area contributed by atoms with Crippen molar-refractivity contribution in [2.45, 2.75) is 13.5 Å². The van der Waals surface area contributed by atoms with Gasteiger partial charge in [0.15, 0.2) is 11.5 Å². The van der Waals surface area contributed by atoms with Gasteiger partial charge in [-0.2, -0.15) is 5.26 Å². The van der Waals surface area contributed by atoms with E-state index in [1.54, 1.807) is 43.4 Å². The van der Waals surface area contributed by atoms with Crippen LogP contribution in [0.1, 0.15) is 27.0 Å². The third-order valence-corrected chi connectivity index (χ3v) is 3.52. The summed E-state index contributed by atoms with van der Waals surface area (Å²) in [7, 11) is 3.11. The van der Waals surface area contributed by atoms with Crippen molar-refractivity contribution in [2.75, 3.05) is 14.2 Å². The number of aromatic hydroxyl groups is 1. The number of ether oxygens (including phenoxy) is 1. The zero-order chi connectivity index (χ0) is 17.0. The topological polar surface area (TPSA) is 73.6 Å². The molecule has 5 nitrogen and oxygen atoms in total. The molecule has 23 heavy (non-hydrogen) atoms. The minimum Gasteiger partial charge on any atom is -0.504 e. The Balaban J connectivity index is 2.22. The Kier molecular flexibility index (Phi) is 4.87. The number of aryl methyl sites for hydroxylation is 1. The molecular weight excluding hydrogens is 292 g/mol. The number of hydrogen-bond donors (Lipinski definition) is 1. The van der Waals surface area contributed by atoms with Crippen molar-refractivity contribution in [3.8, 4) is 17.6 Å². The molecule has 0 fully saturated rings. The first-order valence-electron chi connectivity index (χ1n) is 7.08. The molecular formula is C18H18N2O3. The predicted molar refractivity (Wildman–Crippen MR) is 86.4 cm³/mol. The Morgan fingerprint density at radius 2 is 1.96 bits per heavy atom. The molecule has 0 spiro atoms. The molecule has 118 valence electrons. The van der Waals surface area contributed by atoms with Gasteiger partial charge >= 0.3 is 0 Å². The molecule has 0 aliphatic carbocycles. The SMILES string of the molecule is COc1cc(C)cc(C(=O)N(C)Cc2ccc(C#N)cc2)c1O. The van der Waals surface area contributed by atoms with Crippen molar-refractivity contribution in [1.82, 2.24) is 4.90 Å². The summed E-state index contributed by atoms with van der Waals surface area (Å²) in [5.41, 5.74) is 2.51. The lowest BCUT2D eigenvalue weighted by Gasteiger charge is -2.19. The number of carbonyl (C=O) groups excluding carboxylic acids is 1. The van der Waals surface area contributed by atoms with Gasteiger partial charge in [0.1, 0.15) is 0 Å². The largest absolute Gasteiger partial charge is 0.504 e. The fourth-order valence-electron chi connectivity index (χ4n) is 2.30. The quantitative estimate of drug-likeness (QED) is 0.942. The van der Waals surface area contributed by atoms with Crippen molar-refractivity contribution in [1.29, 1.82) is 5.26 Å². The van der Waals surface area contributed by atoms with Crippen LogP contribution in [0.25, 0.3) is 0 Å². The molecule has 0 heterocycles. The van der Waals surface area contributed by atoms with Gasteiger partial charge in [-0.25, -0.2) is 0 Å². The maximum atomic E-state index is 12.6. The van der Waals surface area contributed by atoms with Gasteiger partial charge in [-0.05, 0) is 42.3 Å². The zero-order valence-electron chi connectivity index (χ0n) is 13.3. The van der Waals surface area contributed by atoms with Gasteiger partial charge in [-0.1, -0.05) is 12.1 Å². The summed E-state index contributed by atoms with van der Waals surface area (Å²) in [5, 5.41) is 19.0. The maximum absolute atomic E-state index is 12.6. The van der Waals surface area contributed by atoms with Crippen molar-refractivity contribution >= 4 is 5.91 Å². The number of rotatable bonds is 4. The summed E-state index contributed by atoms with van der Waals surface area (Å²) in [4.78, 5) is 14.1. The van der Waals surface area contributed by atoms with E-state index in [-0.39, 0.29) is 23.0 Å². The minimum atomic E-state index is -0.297. The number of benzene rings is 2. The van der Waals surface area contributed by atoms with Crippen LogP contribution in [-0.2, 0) is 6.54 Å². The molecule has 0 radical (unpaired) electrons. The van der Waals surface area contributed by atoms with Crippen LogP contribution in [-0.4, -0.2) is 30.1 Å². The Hall–Kier alpha value is -3.00. The zero-order valence-corrected chi connectivity index (χ0v) is 13.3. The molecule has 2 rings (SSSR count). The summed E-state index contributed by atoms with van der Waals surface area (Å²) in [6.07, 6.45) is 0. The van der Waals surface area contributed by atoms with Crippen LogP contribution in [0.5, 0.6) is 11.5 Å². The molecule has 0 atom stereocenters. The first-order valence-corrected chi connectivity index (χ1v) is 7.08. The third-order valence-electron chi connectivity index (χ3n) is 3.52. The lowest BCUT2D eigenvalue weighted by molar-refractivity contribution is 0.0781. The Morgan fingerprint density at radius 1 is 1.30 bits per heavy atom. The van der Waals surface area contributed by atoms with Crippen LogP contribution in [0, 0.1) is 18.3 Å². The summed E-state index contributed by atoms with van der Waals surface area (Å²) in [5.74, 6) is -0.177. The van der Waals surface area contributed by atoms with E-state index < -0.39 is 0 Å². The van der Waals surface area contributed by atoms with Crippen LogP contribution in [0.3, 0.4) is 0 Å². The molecule has 0 aromatic heterocycles. The number of methoxy groups -OCH3 is 1. The number of nitriles is 1. The van der Waals surface area contributed by atoms with Gasteiger partial charge in [-0.3, -0.25) is 4.79 Å². The molecule has 2 aromatic carbocycles. The first-order chi connectivity index (χ1) is 11.0. The van der Waals surface area contributed by atoms with Crippen LogP contribution in [0.4, 0.5) is 0 Å². The average molecular weight is 310 g/mol. The molecule has 1 N–H and O–H groups in total. The van der Waals surface area contributed by atoms with E-state index in [2.05, 4.69) is 6.07 Å². The standard InChI is InChI=1S/C18H18N2O3/c1-12-8-15(17(21)16(9-12)23-3)18(22)20(2)11-14-6-4-13(10-19)5-7-14/h4-9,21H,11H2,1-3H3. The number of phenolic OH excluding ortho intramolecular Hbond substituents is 1. The molecule has 1 amide bonds. The van der Waals surface area contributed by atoms with Gasteiger partial charge in [0.25, 0.3) is 5.91 Å². The molecule has 0 aliphatic rings. The van der Waals surface area contributed by atoms with E-state index in [1.807, 2.05) is 6.92 Å². The average Bonchev–Trinajstić information content (AvgIpc) is 2.56. The van der Waals surface area contributed by atoms with E-state index in [4.69, 9.17) is 10.00 Å².